The van der Waals surface area contributed by atoms with Gasteiger partial charge < -0.3 is 4.74 Å². The Balaban J connectivity index is 2.45. The van der Waals surface area contributed by atoms with Crippen LogP contribution in [0.3, 0.4) is 0 Å². The maximum atomic E-state index is 5.13. The van der Waals surface area contributed by atoms with Crippen molar-refractivity contribution in [3.63, 3.8) is 0 Å². The van der Waals surface area contributed by atoms with Gasteiger partial charge in [-0.1, -0.05) is 18.2 Å². The monoisotopic (exact) mass is 124 g/mol. The quantitative estimate of drug-likeness (QED) is 0.546. The molecule has 1 rings (SSSR count). The molecule has 1 atom stereocenters. The molecule has 0 aromatic heterocycles. The first-order valence-corrected chi connectivity index (χ1v) is 3.23. The van der Waals surface area contributed by atoms with Crippen LogP contribution in [-0.2, 0) is 4.74 Å². The van der Waals surface area contributed by atoms with Crippen LogP contribution in [0.1, 0.15) is 13.3 Å². The van der Waals surface area contributed by atoms with Gasteiger partial charge in [0.2, 0.25) is 0 Å². The fraction of sp³-hybridized carbons (Fsp3) is 0.500. The van der Waals surface area contributed by atoms with Gasteiger partial charge in [-0.25, -0.2) is 0 Å². The van der Waals surface area contributed by atoms with E-state index in [-0.39, 0.29) is 0 Å². The lowest BCUT2D eigenvalue weighted by molar-refractivity contribution is 0.145. The molecule has 0 aromatic carbocycles. The number of hydrogen-bond donors (Lipinski definition) is 0. The molecule has 0 N–H and O–H groups in total. The zero-order valence-corrected chi connectivity index (χ0v) is 5.92. The van der Waals surface area contributed by atoms with E-state index in [1.54, 1.807) is 7.11 Å². The second-order valence-corrected chi connectivity index (χ2v) is 2.25. The lowest BCUT2D eigenvalue weighted by Gasteiger charge is -2.09. The SMILES string of the molecule is COC(C)C1=CC=CC1. The molecule has 0 aliphatic heterocycles. The number of ether oxygens (including phenoxy) is 1. The van der Waals surface area contributed by atoms with Crippen LogP contribution in [0.2, 0.25) is 0 Å². The van der Waals surface area contributed by atoms with Crippen molar-refractivity contribution in [2.75, 3.05) is 7.11 Å². The van der Waals surface area contributed by atoms with Gasteiger partial charge in [0.1, 0.15) is 0 Å². The Morgan fingerprint density at radius 1 is 1.67 bits per heavy atom. The molecule has 0 radical (unpaired) electrons. The van der Waals surface area contributed by atoms with Crippen molar-refractivity contribution in [3.05, 3.63) is 23.8 Å². The van der Waals surface area contributed by atoms with Crippen LogP contribution < -0.4 is 0 Å². The molecule has 0 amide bonds. The predicted molar refractivity (Wildman–Crippen MR) is 38.3 cm³/mol. The Labute approximate surface area is 56.0 Å². The first kappa shape index (κ1) is 6.56. The van der Waals surface area contributed by atoms with Gasteiger partial charge in [-0.15, -0.1) is 0 Å². The number of methoxy groups -OCH3 is 1. The second-order valence-electron chi connectivity index (χ2n) is 2.25. The van der Waals surface area contributed by atoms with Crippen LogP contribution >= 0.6 is 0 Å². The molecule has 9 heavy (non-hydrogen) atoms. The maximum Gasteiger partial charge on any atom is 0.0759 e. The number of allylic oxidation sites excluding steroid dienone is 3. The normalized spacial score (nSPS) is 20.0. The lowest BCUT2D eigenvalue weighted by Crippen LogP contribution is -2.06. The summed E-state index contributed by atoms with van der Waals surface area (Å²) in [6.07, 6.45) is 7.69. The van der Waals surface area contributed by atoms with Gasteiger partial charge in [0.05, 0.1) is 6.10 Å². The van der Waals surface area contributed by atoms with E-state index in [2.05, 4.69) is 25.2 Å². The highest BCUT2D eigenvalue weighted by atomic mass is 16.5. The van der Waals surface area contributed by atoms with E-state index in [1.165, 1.54) is 5.57 Å². The molecule has 0 saturated carbocycles. The van der Waals surface area contributed by atoms with Gasteiger partial charge in [0, 0.05) is 7.11 Å². The topological polar surface area (TPSA) is 9.23 Å². The summed E-state index contributed by atoms with van der Waals surface area (Å²) in [6, 6.07) is 0. The molecule has 0 bridgehead atoms. The molecule has 0 spiro atoms. The summed E-state index contributed by atoms with van der Waals surface area (Å²) in [7, 11) is 1.74. The molecule has 1 heteroatoms. The van der Waals surface area contributed by atoms with Crippen molar-refractivity contribution in [1.82, 2.24) is 0 Å². The van der Waals surface area contributed by atoms with Crippen LogP contribution in [0.15, 0.2) is 23.8 Å². The van der Waals surface area contributed by atoms with E-state index in [0.29, 0.717) is 6.10 Å². The standard InChI is InChI=1S/C8H12O/c1-7(9-2)8-5-3-4-6-8/h3-5,7H,6H2,1-2H3. The van der Waals surface area contributed by atoms with E-state index in [1.807, 2.05) is 0 Å². The summed E-state index contributed by atoms with van der Waals surface area (Å²) in [5.74, 6) is 0. The Morgan fingerprint density at radius 3 is 2.89 bits per heavy atom. The van der Waals surface area contributed by atoms with Crippen molar-refractivity contribution < 1.29 is 4.74 Å². The van der Waals surface area contributed by atoms with E-state index in [9.17, 15) is 0 Å². The fourth-order valence-corrected chi connectivity index (χ4v) is 0.917. The smallest absolute Gasteiger partial charge is 0.0759 e. The molecule has 1 unspecified atom stereocenters. The highest BCUT2D eigenvalue weighted by Crippen LogP contribution is 2.15. The highest BCUT2D eigenvalue weighted by Gasteiger charge is 2.06. The molecular formula is C8H12O. The minimum absolute atomic E-state index is 0.292. The first-order chi connectivity index (χ1) is 4.34. The summed E-state index contributed by atoms with van der Waals surface area (Å²) in [5.41, 5.74) is 1.37. The third-order valence-electron chi connectivity index (χ3n) is 1.68. The molecule has 0 aromatic rings. The van der Waals surface area contributed by atoms with Gasteiger partial charge in [-0.2, -0.15) is 0 Å². The van der Waals surface area contributed by atoms with Crippen LogP contribution in [0.25, 0.3) is 0 Å². The van der Waals surface area contributed by atoms with E-state index in [4.69, 9.17) is 4.74 Å². The lowest BCUT2D eigenvalue weighted by atomic mass is 10.1. The minimum Gasteiger partial charge on any atom is -0.377 e. The van der Waals surface area contributed by atoms with Crippen molar-refractivity contribution >= 4 is 0 Å². The molecule has 0 fully saturated rings. The number of rotatable bonds is 2. The molecular weight excluding hydrogens is 112 g/mol. The minimum atomic E-state index is 0.292. The Hall–Kier alpha value is -0.560. The van der Waals surface area contributed by atoms with E-state index < -0.39 is 0 Å². The van der Waals surface area contributed by atoms with Gasteiger partial charge >= 0.3 is 0 Å². The predicted octanol–water partition coefficient (Wildman–Crippen LogP) is 1.91. The summed E-state index contributed by atoms with van der Waals surface area (Å²) in [4.78, 5) is 0. The summed E-state index contributed by atoms with van der Waals surface area (Å²) in [6.45, 7) is 2.07. The van der Waals surface area contributed by atoms with Crippen molar-refractivity contribution in [2.24, 2.45) is 0 Å². The molecule has 0 heterocycles. The van der Waals surface area contributed by atoms with Gasteiger partial charge in [-0.05, 0) is 18.9 Å². The van der Waals surface area contributed by atoms with Gasteiger partial charge in [0.25, 0.3) is 0 Å². The summed E-state index contributed by atoms with van der Waals surface area (Å²) in [5, 5.41) is 0. The van der Waals surface area contributed by atoms with Gasteiger partial charge in [-0.3, -0.25) is 0 Å². The zero-order valence-electron chi connectivity index (χ0n) is 5.92. The number of hydrogen-bond acceptors (Lipinski definition) is 1. The largest absolute Gasteiger partial charge is 0.377 e. The molecule has 1 nitrogen and oxygen atoms in total. The highest BCUT2D eigenvalue weighted by molar-refractivity contribution is 5.25. The van der Waals surface area contributed by atoms with Gasteiger partial charge in [0.15, 0.2) is 0 Å². The first-order valence-electron chi connectivity index (χ1n) is 3.23. The van der Waals surface area contributed by atoms with Crippen LogP contribution in [-0.4, -0.2) is 13.2 Å². The molecule has 1 aliphatic rings. The molecule has 50 valence electrons. The van der Waals surface area contributed by atoms with E-state index in [0.717, 1.165) is 6.42 Å². The fourth-order valence-electron chi connectivity index (χ4n) is 0.917. The third-order valence-corrected chi connectivity index (χ3v) is 1.68. The zero-order chi connectivity index (χ0) is 6.69. The van der Waals surface area contributed by atoms with Crippen molar-refractivity contribution in [1.29, 1.82) is 0 Å². The molecule has 1 aliphatic carbocycles. The van der Waals surface area contributed by atoms with Crippen molar-refractivity contribution in [2.45, 2.75) is 19.4 Å². The Kier molecular flexibility index (Phi) is 2.06. The second kappa shape index (κ2) is 2.83. The molecule has 0 saturated heterocycles. The van der Waals surface area contributed by atoms with Crippen LogP contribution in [0.4, 0.5) is 0 Å². The Morgan fingerprint density at radius 2 is 2.44 bits per heavy atom. The average molecular weight is 124 g/mol. The Bertz CT molecular complexity index is 145. The van der Waals surface area contributed by atoms with E-state index >= 15 is 0 Å². The summed E-state index contributed by atoms with van der Waals surface area (Å²) >= 11 is 0. The van der Waals surface area contributed by atoms with Crippen LogP contribution in [0.5, 0.6) is 0 Å². The summed E-state index contributed by atoms with van der Waals surface area (Å²) < 4.78 is 5.13. The third kappa shape index (κ3) is 1.42. The van der Waals surface area contributed by atoms with Crippen molar-refractivity contribution in [3.8, 4) is 0 Å². The van der Waals surface area contributed by atoms with Crippen LogP contribution in [0, 0.1) is 0 Å². The average Bonchev–Trinajstić information content (AvgIpc) is 2.37. The maximum absolute atomic E-state index is 5.13.